The summed E-state index contributed by atoms with van der Waals surface area (Å²) in [4.78, 5) is 25.8. The molecule has 2 amide bonds. The Morgan fingerprint density at radius 2 is 2.16 bits per heavy atom. The number of hydrogen-bond acceptors (Lipinski definition) is 3. The van der Waals surface area contributed by atoms with Crippen molar-refractivity contribution in [1.82, 2.24) is 10.2 Å². The maximum absolute atomic E-state index is 12.3. The molecule has 5 nitrogen and oxygen atoms in total. The van der Waals surface area contributed by atoms with Gasteiger partial charge in [-0.15, -0.1) is 0 Å². The van der Waals surface area contributed by atoms with Crippen molar-refractivity contribution in [3.05, 3.63) is 12.2 Å². The van der Waals surface area contributed by atoms with Gasteiger partial charge in [-0.2, -0.15) is 0 Å². The van der Waals surface area contributed by atoms with Gasteiger partial charge in [0.2, 0.25) is 11.8 Å². The molecule has 0 aromatic rings. The zero-order valence-electron chi connectivity index (χ0n) is 11.6. The van der Waals surface area contributed by atoms with E-state index < -0.39 is 6.04 Å². The Morgan fingerprint density at radius 3 is 2.74 bits per heavy atom. The SMILES string of the molecule is C=C(C)COCCN1C(=O)C(C2CC2)NC(=O)C1C. The Kier molecular flexibility index (Phi) is 4.24. The molecule has 2 atom stereocenters. The molecule has 2 fully saturated rings. The summed E-state index contributed by atoms with van der Waals surface area (Å²) in [6.07, 6.45) is 2.07. The fourth-order valence-electron chi connectivity index (χ4n) is 2.31. The highest BCUT2D eigenvalue weighted by Crippen LogP contribution is 2.34. The van der Waals surface area contributed by atoms with Crippen LogP contribution in [0.1, 0.15) is 26.7 Å². The van der Waals surface area contributed by atoms with Gasteiger partial charge in [-0.1, -0.05) is 12.2 Å². The summed E-state index contributed by atoms with van der Waals surface area (Å²) >= 11 is 0. The van der Waals surface area contributed by atoms with E-state index in [2.05, 4.69) is 11.9 Å². The van der Waals surface area contributed by atoms with Gasteiger partial charge in [0, 0.05) is 6.54 Å². The van der Waals surface area contributed by atoms with Crippen molar-refractivity contribution in [3.8, 4) is 0 Å². The van der Waals surface area contributed by atoms with Gasteiger partial charge in [0.15, 0.2) is 0 Å². The predicted molar refractivity (Wildman–Crippen MR) is 71.5 cm³/mol. The van der Waals surface area contributed by atoms with Crippen LogP contribution in [0.5, 0.6) is 0 Å². The third kappa shape index (κ3) is 3.35. The van der Waals surface area contributed by atoms with Gasteiger partial charge in [-0.3, -0.25) is 9.59 Å². The van der Waals surface area contributed by atoms with Gasteiger partial charge in [-0.05, 0) is 32.6 Å². The average Bonchev–Trinajstić information content (AvgIpc) is 3.16. The van der Waals surface area contributed by atoms with E-state index in [1.165, 1.54) is 0 Å². The molecule has 0 spiro atoms. The van der Waals surface area contributed by atoms with E-state index in [-0.39, 0.29) is 17.9 Å². The molecule has 0 aromatic heterocycles. The molecule has 5 heteroatoms. The molecule has 0 radical (unpaired) electrons. The second-order valence-electron chi connectivity index (χ2n) is 5.54. The van der Waals surface area contributed by atoms with Crippen LogP contribution in [-0.2, 0) is 14.3 Å². The number of nitrogens with zero attached hydrogens (tertiary/aromatic N) is 1. The van der Waals surface area contributed by atoms with Crippen LogP contribution < -0.4 is 5.32 Å². The largest absolute Gasteiger partial charge is 0.375 e. The molecule has 2 aliphatic rings. The minimum absolute atomic E-state index is 0.0357. The van der Waals surface area contributed by atoms with Crippen molar-refractivity contribution in [1.29, 1.82) is 0 Å². The maximum Gasteiger partial charge on any atom is 0.246 e. The van der Waals surface area contributed by atoms with Gasteiger partial charge in [-0.25, -0.2) is 0 Å². The number of carbonyl (C=O) groups excluding carboxylic acids is 2. The molecular weight excluding hydrogens is 244 g/mol. The summed E-state index contributed by atoms with van der Waals surface area (Å²) < 4.78 is 5.42. The van der Waals surface area contributed by atoms with E-state index in [1.807, 2.05) is 6.92 Å². The molecule has 1 heterocycles. The smallest absolute Gasteiger partial charge is 0.246 e. The lowest BCUT2D eigenvalue weighted by Crippen LogP contribution is -2.63. The number of amides is 2. The predicted octanol–water partition coefficient (Wildman–Crippen LogP) is 0.705. The van der Waals surface area contributed by atoms with E-state index in [9.17, 15) is 9.59 Å². The lowest BCUT2D eigenvalue weighted by molar-refractivity contribution is -0.150. The highest BCUT2D eigenvalue weighted by molar-refractivity contribution is 5.97. The first-order valence-electron chi connectivity index (χ1n) is 6.83. The minimum Gasteiger partial charge on any atom is -0.375 e. The van der Waals surface area contributed by atoms with Gasteiger partial charge in [0.1, 0.15) is 12.1 Å². The van der Waals surface area contributed by atoms with E-state index >= 15 is 0 Å². The van der Waals surface area contributed by atoms with Gasteiger partial charge >= 0.3 is 0 Å². The van der Waals surface area contributed by atoms with Crippen molar-refractivity contribution < 1.29 is 14.3 Å². The highest BCUT2D eigenvalue weighted by Gasteiger charge is 2.45. The van der Waals surface area contributed by atoms with Crippen LogP contribution in [0.3, 0.4) is 0 Å². The molecule has 106 valence electrons. The number of hydrogen-bond donors (Lipinski definition) is 1. The fraction of sp³-hybridized carbons (Fsp3) is 0.714. The normalized spacial score (nSPS) is 27.4. The molecular formula is C14H22N2O3. The second-order valence-corrected chi connectivity index (χ2v) is 5.54. The number of nitrogens with one attached hydrogen (secondary N) is 1. The zero-order valence-corrected chi connectivity index (χ0v) is 11.6. The van der Waals surface area contributed by atoms with Gasteiger partial charge in [0.25, 0.3) is 0 Å². The first-order valence-corrected chi connectivity index (χ1v) is 6.83. The van der Waals surface area contributed by atoms with Gasteiger partial charge in [0.05, 0.1) is 13.2 Å². The molecule has 1 aliphatic carbocycles. The summed E-state index contributed by atoms with van der Waals surface area (Å²) in [6.45, 7) is 8.80. The molecule has 19 heavy (non-hydrogen) atoms. The van der Waals surface area contributed by atoms with Crippen molar-refractivity contribution in [3.63, 3.8) is 0 Å². The van der Waals surface area contributed by atoms with E-state index in [0.29, 0.717) is 25.7 Å². The molecule has 1 N–H and O–H groups in total. The third-order valence-corrected chi connectivity index (χ3v) is 3.61. The standard InChI is InChI=1S/C14H22N2O3/c1-9(2)8-19-7-6-16-10(3)13(17)15-12(14(16)18)11-4-5-11/h10-12H,1,4-8H2,2-3H3,(H,15,17). The zero-order chi connectivity index (χ0) is 14.0. The van der Waals surface area contributed by atoms with Crippen LogP contribution >= 0.6 is 0 Å². The summed E-state index contributed by atoms with van der Waals surface area (Å²) in [7, 11) is 0. The Bertz CT molecular complexity index is 390. The Balaban J connectivity index is 1.89. The summed E-state index contributed by atoms with van der Waals surface area (Å²) in [5.74, 6) is 0.313. The first kappa shape index (κ1) is 14.1. The fourth-order valence-corrected chi connectivity index (χ4v) is 2.31. The molecule has 2 unspecified atom stereocenters. The Hall–Kier alpha value is -1.36. The first-order chi connectivity index (χ1) is 9.00. The van der Waals surface area contributed by atoms with Crippen LogP contribution in [0, 0.1) is 5.92 Å². The summed E-state index contributed by atoms with van der Waals surface area (Å²) in [5.41, 5.74) is 0.951. The van der Waals surface area contributed by atoms with Gasteiger partial charge < -0.3 is 15.0 Å². The molecule has 2 rings (SSSR count). The Labute approximate surface area is 114 Å². The monoisotopic (exact) mass is 266 g/mol. The molecule has 1 saturated heterocycles. The molecule has 1 saturated carbocycles. The van der Waals surface area contributed by atoms with Crippen molar-refractivity contribution >= 4 is 11.8 Å². The van der Waals surface area contributed by atoms with Crippen LogP contribution in [0.15, 0.2) is 12.2 Å². The van der Waals surface area contributed by atoms with Crippen LogP contribution in [0.4, 0.5) is 0 Å². The molecule has 1 aliphatic heterocycles. The second kappa shape index (κ2) is 5.74. The van der Waals surface area contributed by atoms with Crippen LogP contribution in [0.2, 0.25) is 0 Å². The van der Waals surface area contributed by atoms with E-state index in [0.717, 1.165) is 18.4 Å². The van der Waals surface area contributed by atoms with Crippen LogP contribution in [0.25, 0.3) is 0 Å². The maximum atomic E-state index is 12.3. The van der Waals surface area contributed by atoms with E-state index in [4.69, 9.17) is 4.74 Å². The molecule has 0 bridgehead atoms. The van der Waals surface area contributed by atoms with Crippen LogP contribution in [-0.4, -0.2) is 48.6 Å². The summed E-state index contributed by atoms with van der Waals surface area (Å²) in [6, 6.07) is -0.722. The minimum atomic E-state index is -0.407. The average molecular weight is 266 g/mol. The molecule has 0 aromatic carbocycles. The number of piperazine rings is 1. The summed E-state index contributed by atoms with van der Waals surface area (Å²) in [5, 5.41) is 2.83. The van der Waals surface area contributed by atoms with E-state index in [1.54, 1.807) is 11.8 Å². The quantitative estimate of drug-likeness (QED) is 0.569. The van der Waals surface area contributed by atoms with Crippen molar-refractivity contribution in [2.24, 2.45) is 5.92 Å². The Morgan fingerprint density at radius 1 is 1.47 bits per heavy atom. The highest BCUT2D eigenvalue weighted by atomic mass is 16.5. The van der Waals surface area contributed by atoms with Crippen molar-refractivity contribution in [2.75, 3.05) is 19.8 Å². The number of carbonyl (C=O) groups is 2. The lowest BCUT2D eigenvalue weighted by atomic mass is 10.0. The lowest BCUT2D eigenvalue weighted by Gasteiger charge is -2.37. The van der Waals surface area contributed by atoms with Crippen molar-refractivity contribution in [2.45, 2.75) is 38.8 Å². The third-order valence-electron chi connectivity index (χ3n) is 3.61. The number of rotatable bonds is 6. The number of ether oxygens (including phenoxy) is 1. The topological polar surface area (TPSA) is 58.6 Å².